The first-order valence-electron chi connectivity index (χ1n) is 4.96. The SMILES string of the molecule is CC(C)(C)OC(=O)N1CCCC1(Cl)NN. The highest BCUT2D eigenvalue weighted by Gasteiger charge is 2.43. The van der Waals surface area contributed by atoms with Crippen molar-refractivity contribution in [2.24, 2.45) is 5.84 Å². The second kappa shape index (κ2) is 4.15. The lowest BCUT2D eigenvalue weighted by atomic mass is 10.2. The molecule has 1 amide bonds. The molecule has 88 valence electrons. The van der Waals surface area contributed by atoms with Crippen molar-refractivity contribution in [1.29, 1.82) is 0 Å². The van der Waals surface area contributed by atoms with E-state index in [1.54, 1.807) is 0 Å². The number of hydrazine groups is 1. The lowest BCUT2D eigenvalue weighted by Crippen LogP contribution is -2.56. The minimum atomic E-state index is -0.998. The number of amides is 1. The summed E-state index contributed by atoms with van der Waals surface area (Å²) in [7, 11) is 0. The first-order valence-corrected chi connectivity index (χ1v) is 5.33. The number of ether oxygens (including phenoxy) is 1. The molecule has 0 aromatic rings. The van der Waals surface area contributed by atoms with E-state index in [2.05, 4.69) is 5.43 Å². The Balaban J connectivity index is 2.67. The fraction of sp³-hybridized carbons (Fsp3) is 0.889. The molecule has 1 unspecified atom stereocenters. The molecule has 0 spiro atoms. The third-order valence-electron chi connectivity index (χ3n) is 2.15. The van der Waals surface area contributed by atoms with E-state index in [4.69, 9.17) is 22.2 Å². The summed E-state index contributed by atoms with van der Waals surface area (Å²) in [5.41, 5.74) is 1.93. The fourth-order valence-electron chi connectivity index (χ4n) is 1.49. The Bertz CT molecular complexity index is 254. The topological polar surface area (TPSA) is 67.6 Å². The predicted molar refractivity (Wildman–Crippen MR) is 58.1 cm³/mol. The summed E-state index contributed by atoms with van der Waals surface area (Å²) in [4.78, 5) is 13.2. The van der Waals surface area contributed by atoms with Crippen LogP contribution in [0.3, 0.4) is 0 Å². The van der Waals surface area contributed by atoms with Crippen LogP contribution in [0.1, 0.15) is 33.6 Å². The molecular formula is C9H18ClN3O2. The molecule has 5 nitrogen and oxygen atoms in total. The summed E-state index contributed by atoms with van der Waals surface area (Å²) < 4.78 is 5.23. The largest absolute Gasteiger partial charge is 0.444 e. The molecule has 15 heavy (non-hydrogen) atoms. The van der Waals surface area contributed by atoms with Gasteiger partial charge in [-0.25, -0.2) is 10.2 Å². The van der Waals surface area contributed by atoms with E-state index in [9.17, 15) is 4.79 Å². The molecule has 1 saturated heterocycles. The quantitative estimate of drug-likeness (QED) is 0.312. The highest BCUT2D eigenvalue weighted by molar-refractivity contribution is 6.24. The number of rotatable bonds is 1. The minimum absolute atomic E-state index is 0.437. The van der Waals surface area contributed by atoms with Gasteiger partial charge in [-0.3, -0.25) is 10.7 Å². The number of likely N-dealkylation sites (tertiary alicyclic amines) is 1. The van der Waals surface area contributed by atoms with Crippen LogP contribution in [0.25, 0.3) is 0 Å². The van der Waals surface area contributed by atoms with Gasteiger partial charge in [0.2, 0.25) is 0 Å². The number of halogens is 1. The van der Waals surface area contributed by atoms with Crippen LogP contribution in [0.2, 0.25) is 0 Å². The van der Waals surface area contributed by atoms with Gasteiger partial charge in [0, 0.05) is 13.0 Å². The second-order valence-electron chi connectivity index (χ2n) is 4.64. The van der Waals surface area contributed by atoms with Gasteiger partial charge in [-0.2, -0.15) is 0 Å². The van der Waals surface area contributed by atoms with Crippen molar-refractivity contribution >= 4 is 17.7 Å². The van der Waals surface area contributed by atoms with Gasteiger partial charge in [-0.05, 0) is 27.2 Å². The molecule has 0 saturated carbocycles. The van der Waals surface area contributed by atoms with E-state index in [1.807, 2.05) is 20.8 Å². The van der Waals surface area contributed by atoms with E-state index < -0.39 is 16.8 Å². The third-order valence-corrected chi connectivity index (χ3v) is 2.65. The van der Waals surface area contributed by atoms with E-state index in [-0.39, 0.29) is 0 Å². The van der Waals surface area contributed by atoms with Gasteiger partial charge >= 0.3 is 6.09 Å². The molecule has 1 atom stereocenters. The van der Waals surface area contributed by atoms with Crippen LogP contribution in [-0.2, 0) is 4.74 Å². The van der Waals surface area contributed by atoms with Crippen LogP contribution in [0.15, 0.2) is 0 Å². The van der Waals surface area contributed by atoms with Crippen molar-refractivity contribution in [2.45, 2.75) is 44.3 Å². The van der Waals surface area contributed by atoms with Crippen LogP contribution in [0.4, 0.5) is 4.79 Å². The Kier molecular flexibility index (Phi) is 3.48. The van der Waals surface area contributed by atoms with Gasteiger partial charge in [0.25, 0.3) is 0 Å². The summed E-state index contributed by atoms with van der Waals surface area (Å²) in [5, 5.41) is -0.998. The Morgan fingerprint density at radius 2 is 2.20 bits per heavy atom. The van der Waals surface area contributed by atoms with Gasteiger partial charge in [0.15, 0.2) is 5.12 Å². The van der Waals surface area contributed by atoms with E-state index in [1.165, 1.54) is 4.90 Å². The van der Waals surface area contributed by atoms with Gasteiger partial charge < -0.3 is 4.74 Å². The van der Waals surface area contributed by atoms with Crippen LogP contribution < -0.4 is 11.3 Å². The predicted octanol–water partition coefficient (Wildman–Crippen LogP) is 1.37. The molecule has 1 fully saturated rings. The van der Waals surface area contributed by atoms with Crippen LogP contribution in [0.5, 0.6) is 0 Å². The Hall–Kier alpha value is -0.520. The Morgan fingerprint density at radius 3 is 2.67 bits per heavy atom. The average Bonchev–Trinajstić information content (AvgIpc) is 2.45. The third kappa shape index (κ3) is 2.96. The van der Waals surface area contributed by atoms with Crippen molar-refractivity contribution in [3.63, 3.8) is 0 Å². The Morgan fingerprint density at radius 1 is 1.60 bits per heavy atom. The normalized spacial score (nSPS) is 26.9. The zero-order chi connectivity index (χ0) is 11.7. The zero-order valence-electron chi connectivity index (χ0n) is 9.34. The Labute approximate surface area is 94.9 Å². The molecular weight excluding hydrogens is 218 g/mol. The number of nitrogens with two attached hydrogens (primary N) is 1. The maximum absolute atomic E-state index is 11.8. The molecule has 1 heterocycles. The lowest BCUT2D eigenvalue weighted by molar-refractivity contribution is 0.0151. The summed E-state index contributed by atoms with van der Waals surface area (Å²) in [5.74, 6) is 5.33. The molecule has 6 heteroatoms. The van der Waals surface area contributed by atoms with Crippen molar-refractivity contribution in [3.8, 4) is 0 Å². The maximum atomic E-state index is 11.8. The van der Waals surface area contributed by atoms with Gasteiger partial charge in [0.05, 0.1) is 0 Å². The monoisotopic (exact) mass is 235 g/mol. The van der Waals surface area contributed by atoms with Crippen molar-refractivity contribution < 1.29 is 9.53 Å². The van der Waals surface area contributed by atoms with Gasteiger partial charge in [-0.15, -0.1) is 0 Å². The summed E-state index contributed by atoms with van der Waals surface area (Å²) in [6.07, 6.45) is 0.991. The van der Waals surface area contributed by atoms with Crippen molar-refractivity contribution in [3.05, 3.63) is 0 Å². The van der Waals surface area contributed by atoms with Crippen LogP contribution in [-0.4, -0.2) is 28.3 Å². The number of nitrogens with zero attached hydrogens (tertiary/aromatic N) is 1. The molecule has 0 aliphatic carbocycles. The van der Waals surface area contributed by atoms with E-state index in [0.29, 0.717) is 13.0 Å². The molecule has 1 aliphatic rings. The van der Waals surface area contributed by atoms with Crippen LogP contribution >= 0.6 is 11.6 Å². The molecule has 0 aromatic heterocycles. The first-order chi connectivity index (χ1) is 6.78. The smallest absolute Gasteiger partial charge is 0.412 e. The molecule has 1 rings (SSSR count). The first kappa shape index (κ1) is 12.5. The van der Waals surface area contributed by atoms with E-state index >= 15 is 0 Å². The number of hydrogen-bond acceptors (Lipinski definition) is 4. The van der Waals surface area contributed by atoms with Gasteiger partial charge in [-0.1, -0.05) is 11.6 Å². The number of nitrogens with one attached hydrogen (secondary N) is 1. The highest BCUT2D eigenvalue weighted by atomic mass is 35.5. The zero-order valence-corrected chi connectivity index (χ0v) is 10.1. The maximum Gasteiger partial charge on any atom is 0.412 e. The number of hydrogen-bond donors (Lipinski definition) is 2. The summed E-state index contributed by atoms with van der Waals surface area (Å²) >= 11 is 6.13. The average molecular weight is 236 g/mol. The summed E-state index contributed by atoms with van der Waals surface area (Å²) in [6.45, 7) is 5.99. The second-order valence-corrected chi connectivity index (χ2v) is 5.26. The molecule has 0 bridgehead atoms. The van der Waals surface area contributed by atoms with Crippen molar-refractivity contribution in [2.75, 3.05) is 6.54 Å². The molecule has 1 aliphatic heterocycles. The lowest BCUT2D eigenvalue weighted by Gasteiger charge is -2.33. The van der Waals surface area contributed by atoms with E-state index in [0.717, 1.165) is 6.42 Å². The minimum Gasteiger partial charge on any atom is -0.444 e. The molecule has 0 aromatic carbocycles. The number of carbonyl (C=O) groups is 1. The fourth-order valence-corrected chi connectivity index (χ4v) is 1.77. The number of carbonyl (C=O) groups excluding carboxylic acids is 1. The molecule has 0 radical (unpaired) electrons. The number of alkyl halides is 1. The van der Waals surface area contributed by atoms with Crippen LogP contribution in [0, 0.1) is 0 Å². The summed E-state index contributed by atoms with van der Waals surface area (Å²) in [6, 6.07) is 0. The van der Waals surface area contributed by atoms with Gasteiger partial charge in [0.1, 0.15) is 5.60 Å². The highest BCUT2D eigenvalue weighted by Crippen LogP contribution is 2.31. The molecule has 3 N–H and O–H groups in total. The standard InChI is InChI=1S/C9H18ClN3O2/c1-8(2,3)15-7(14)13-6-4-5-9(13,10)12-11/h12H,4-6,11H2,1-3H3. The van der Waals surface area contributed by atoms with Crippen molar-refractivity contribution in [1.82, 2.24) is 10.3 Å².